The van der Waals surface area contributed by atoms with E-state index in [2.05, 4.69) is 0 Å². The Kier molecular flexibility index (Phi) is 5.62. The summed E-state index contributed by atoms with van der Waals surface area (Å²) in [5.41, 5.74) is 4.09. The number of hydrogen-bond acceptors (Lipinski definition) is 1. The highest BCUT2D eigenvalue weighted by Crippen LogP contribution is 2.38. The second kappa shape index (κ2) is 14.3. The predicted octanol–water partition coefficient (Wildman–Crippen LogP) is 14.6. The Morgan fingerprint density at radius 3 is 1.32 bits per heavy atom. The summed E-state index contributed by atoms with van der Waals surface area (Å²) in [5, 5.41) is 2.09. The molecule has 0 amide bonds. The van der Waals surface area contributed by atoms with Gasteiger partial charge in [-0.15, -0.1) is 0 Å². The summed E-state index contributed by atoms with van der Waals surface area (Å²) < 4.78 is 117. The van der Waals surface area contributed by atoms with Crippen LogP contribution in [-0.4, -0.2) is 0 Å². The Labute approximate surface area is 330 Å². The molecule has 9 aromatic rings. The molecule has 9 aromatic carbocycles. The molecular formula is C52H37N. The van der Waals surface area contributed by atoms with Gasteiger partial charge < -0.3 is 4.90 Å². The average molecular weight is 689 g/mol. The maximum Gasteiger partial charge on any atom is 0.0645 e. The standard InChI is InChI=1S/C52H37N/c1-3-11-38(12-4-1)41-23-29-50(30-24-41)53(51-31-25-42(26-32-51)46-18-9-17-45(35-46)39-13-5-2-6-14-39)52-33-27-43(28-34-52)47-19-10-20-48(36-47)49-22-21-40-15-7-8-16-44(40)37-49/h1-37H/i1D,3D,4D,11D,12D,23D,24D,27D,28D,29D,30D,33D,34D. The van der Waals surface area contributed by atoms with Gasteiger partial charge in [0.25, 0.3) is 0 Å². The van der Waals surface area contributed by atoms with Gasteiger partial charge in [-0.2, -0.15) is 0 Å². The van der Waals surface area contributed by atoms with E-state index in [1.807, 2.05) is 103 Å². The SMILES string of the molecule is [2H]c1c([2H])c([2H])c(-c2c([2H])c([2H])c(N(c3ccc(-c4cccc(-c5ccccc5)c4)cc3)c3c([2H])c([2H])c(-c4cccc(-c5ccc6ccccc6c5)c4)c([2H])c3[2H])c([2H])c2[2H])c([2H])c1[2H]. The minimum absolute atomic E-state index is 0.0149. The first kappa shape index (κ1) is 20.8. The van der Waals surface area contributed by atoms with Crippen LogP contribution in [0.25, 0.3) is 66.4 Å². The van der Waals surface area contributed by atoms with Crippen molar-refractivity contribution >= 4 is 27.8 Å². The minimum atomic E-state index is -0.735. The normalized spacial score (nSPS) is 14.5. The molecule has 1 nitrogen and oxygen atoms in total. The van der Waals surface area contributed by atoms with Crippen molar-refractivity contribution in [2.75, 3.05) is 4.90 Å². The van der Waals surface area contributed by atoms with Gasteiger partial charge >= 0.3 is 0 Å². The lowest BCUT2D eigenvalue weighted by atomic mass is 9.97. The highest BCUT2D eigenvalue weighted by atomic mass is 15.1. The van der Waals surface area contributed by atoms with Gasteiger partial charge in [0.2, 0.25) is 0 Å². The van der Waals surface area contributed by atoms with Gasteiger partial charge in [0, 0.05) is 17.1 Å². The van der Waals surface area contributed by atoms with E-state index in [-0.39, 0.29) is 16.9 Å². The average Bonchev–Trinajstić information content (AvgIpc) is 3.35. The largest absolute Gasteiger partial charge is 0.311 e. The molecule has 250 valence electrons. The predicted molar refractivity (Wildman–Crippen MR) is 226 cm³/mol. The van der Waals surface area contributed by atoms with E-state index in [0.717, 1.165) is 44.2 Å². The topological polar surface area (TPSA) is 3.24 Å². The number of fused-ring (bicyclic) bond motifs is 1. The van der Waals surface area contributed by atoms with E-state index in [4.69, 9.17) is 6.85 Å². The quantitative estimate of drug-likeness (QED) is 0.154. The van der Waals surface area contributed by atoms with Crippen LogP contribution in [0.1, 0.15) is 17.8 Å². The summed E-state index contributed by atoms with van der Waals surface area (Å²) >= 11 is 0. The van der Waals surface area contributed by atoms with Gasteiger partial charge in [0.05, 0.1) is 17.8 Å². The van der Waals surface area contributed by atoms with Crippen molar-refractivity contribution in [3.63, 3.8) is 0 Å². The Morgan fingerprint density at radius 1 is 0.264 bits per heavy atom. The first-order chi connectivity index (χ1) is 31.7. The van der Waals surface area contributed by atoms with Crippen LogP contribution in [0, 0.1) is 0 Å². The molecule has 0 fully saturated rings. The maximum absolute atomic E-state index is 9.53. The molecule has 0 aliphatic carbocycles. The van der Waals surface area contributed by atoms with Crippen molar-refractivity contribution in [3.8, 4) is 55.6 Å². The molecule has 0 heterocycles. The summed E-state index contributed by atoms with van der Waals surface area (Å²) in [5.74, 6) is 0. The Morgan fingerprint density at radius 2 is 0.698 bits per heavy atom. The molecule has 0 N–H and O–H groups in total. The summed E-state index contributed by atoms with van der Waals surface area (Å²) in [4.78, 5) is 1.17. The first-order valence-electron chi connectivity index (χ1n) is 23.6. The van der Waals surface area contributed by atoms with Gasteiger partial charge in [-0.25, -0.2) is 0 Å². The molecule has 0 aromatic heterocycles. The van der Waals surface area contributed by atoms with Crippen molar-refractivity contribution in [3.05, 3.63) is 224 Å². The molecular weight excluding hydrogens is 639 g/mol. The van der Waals surface area contributed by atoms with Gasteiger partial charge in [0.1, 0.15) is 0 Å². The molecule has 9 rings (SSSR count). The zero-order valence-electron chi connectivity index (χ0n) is 41.3. The lowest BCUT2D eigenvalue weighted by molar-refractivity contribution is 1.28. The first-order valence-corrected chi connectivity index (χ1v) is 17.1. The molecule has 0 aliphatic heterocycles. The van der Waals surface area contributed by atoms with E-state index >= 15 is 0 Å². The van der Waals surface area contributed by atoms with Crippen LogP contribution in [0.2, 0.25) is 0 Å². The molecule has 0 saturated heterocycles. The highest BCUT2D eigenvalue weighted by molar-refractivity contribution is 5.88. The number of hydrogen-bond donors (Lipinski definition) is 0. The van der Waals surface area contributed by atoms with Crippen molar-refractivity contribution in [2.45, 2.75) is 0 Å². The van der Waals surface area contributed by atoms with E-state index in [1.165, 1.54) is 4.90 Å². The monoisotopic (exact) mass is 688 g/mol. The summed E-state index contributed by atoms with van der Waals surface area (Å²) in [6.45, 7) is 0. The second-order valence-corrected chi connectivity index (χ2v) is 12.4. The van der Waals surface area contributed by atoms with Crippen LogP contribution in [-0.2, 0) is 0 Å². The van der Waals surface area contributed by atoms with Crippen molar-refractivity contribution < 1.29 is 17.8 Å². The van der Waals surface area contributed by atoms with Gasteiger partial charge in [-0.1, -0.05) is 170 Å². The Hall–Kier alpha value is -6.96. The molecule has 0 unspecified atom stereocenters. The second-order valence-electron chi connectivity index (χ2n) is 12.4. The smallest absolute Gasteiger partial charge is 0.0645 e. The van der Waals surface area contributed by atoms with Crippen molar-refractivity contribution in [1.29, 1.82) is 0 Å². The molecule has 1 heteroatoms. The third-order valence-corrected chi connectivity index (χ3v) is 9.08. The molecule has 0 aliphatic rings. The fourth-order valence-electron chi connectivity index (χ4n) is 6.38. The number of rotatable bonds is 8. The van der Waals surface area contributed by atoms with Crippen molar-refractivity contribution in [1.82, 2.24) is 0 Å². The number of nitrogens with zero attached hydrogens (tertiary/aromatic N) is 1. The highest BCUT2D eigenvalue weighted by Gasteiger charge is 2.14. The maximum atomic E-state index is 9.53. The lowest BCUT2D eigenvalue weighted by Gasteiger charge is -2.26. The van der Waals surface area contributed by atoms with Crippen LogP contribution < -0.4 is 4.90 Å². The third kappa shape index (κ3) is 6.77. The fourth-order valence-corrected chi connectivity index (χ4v) is 6.38. The van der Waals surface area contributed by atoms with Gasteiger partial charge in [-0.3, -0.25) is 0 Å². The van der Waals surface area contributed by atoms with Crippen LogP contribution in [0.4, 0.5) is 17.1 Å². The van der Waals surface area contributed by atoms with E-state index in [9.17, 15) is 11.0 Å². The van der Waals surface area contributed by atoms with Crippen LogP contribution >= 0.6 is 0 Å². The number of anilines is 3. The Bertz CT molecular complexity index is 3320. The van der Waals surface area contributed by atoms with E-state index in [1.54, 1.807) is 42.5 Å². The van der Waals surface area contributed by atoms with Gasteiger partial charge in [0.15, 0.2) is 0 Å². The zero-order valence-corrected chi connectivity index (χ0v) is 28.3. The zero-order chi connectivity index (χ0) is 46.7. The molecule has 0 spiro atoms. The summed E-state index contributed by atoms with van der Waals surface area (Å²) in [6, 6.07) is 37.4. The number of benzene rings is 9. The molecule has 0 saturated carbocycles. The molecule has 53 heavy (non-hydrogen) atoms. The third-order valence-electron chi connectivity index (χ3n) is 9.08. The lowest BCUT2D eigenvalue weighted by Crippen LogP contribution is -2.09. The molecule has 0 bridgehead atoms. The Balaban J connectivity index is 1.24. The van der Waals surface area contributed by atoms with E-state index < -0.39 is 95.4 Å². The van der Waals surface area contributed by atoms with Gasteiger partial charge in [-0.05, 0) is 121 Å². The summed E-state index contributed by atoms with van der Waals surface area (Å²) in [6.07, 6.45) is 0. The van der Waals surface area contributed by atoms with Crippen molar-refractivity contribution in [2.24, 2.45) is 0 Å². The minimum Gasteiger partial charge on any atom is -0.311 e. The molecule has 0 atom stereocenters. The van der Waals surface area contributed by atoms with Crippen LogP contribution in [0.5, 0.6) is 0 Å². The van der Waals surface area contributed by atoms with Crippen LogP contribution in [0.3, 0.4) is 0 Å². The molecule has 0 radical (unpaired) electrons. The summed E-state index contributed by atoms with van der Waals surface area (Å²) in [7, 11) is 0. The van der Waals surface area contributed by atoms with Crippen LogP contribution in [0.15, 0.2) is 224 Å². The van der Waals surface area contributed by atoms with E-state index in [0.29, 0.717) is 5.56 Å². The fraction of sp³-hybridized carbons (Fsp3) is 0.